The van der Waals surface area contributed by atoms with Crippen LogP contribution in [0.5, 0.6) is 0 Å². The molecule has 39 heavy (non-hydrogen) atoms. The topological polar surface area (TPSA) is 108 Å². The number of benzene rings is 1. The molecule has 1 aliphatic rings. The Morgan fingerprint density at radius 1 is 1.05 bits per heavy atom. The number of carbonyl (C=O) groups excluding carboxylic acids is 2. The van der Waals surface area contributed by atoms with E-state index in [1.54, 1.807) is 22.7 Å². The first-order valence-corrected chi connectivity index (χ1v) is 13.7. The van der Waals surface area contributed by atoms with Crippen LogP contribution in [0.25, 0.3) is 22.6 Å². The number of nitrogens with two attached hydrogens (primary N) is 1. The second-order valence-electron chi connectivity index (χ2n) is 10.7. The van der Waals surface area contributed by atoms with Crippen molar-refractivity contribution < 1.29 is 14.3 Å². The lowest BCUT2D eigenvalue weighted by molar-refractivity contribution is -0.124. The van der Waals surface area contributed by atoms with E-state index in [9.17, 15) is 9.59 Å². The van der Waals surface area contributed by atoms with Gasteiger partial charge in [-0.1, -0.05) is 19.1 Å². The second kappa shape index (κ2) is 10.9. The van der Waals surface area contributed by atoms with E-state index in [1.165, 1.54) is 0 Å². The third kappa shape index (κ3) is 5.39. The summed E-state index contributed by atoms with van der Waals surface area (Å²) in [5.74, 6) is 0.445. The number of anilines is 2. The molecule has 0 atom stereocenters. The summed E-state index contributed by atoms with van der Waals surface area (Å²) < 4.78 is 8.89. The van der Waals surface area contributed by atoms with Gasteiger partial charge in [-0.15, -0.1) is 5.10 Å². The van der Waals surface area contributed by atoms with Gasteiger partial charge in [0.15, 0.2) is 5.82 Å². The molecule has 3 aromatic heterocycles. The van der Waals surface area contributed by atoms with Crippen LogP contribution >= 0.6 is 0 Å². The van der Waals surface area contributed by atoms with Gasteiger partial charge in [-0.3, -0.25) is 9.69 Å². The molecular weight excluding hydrogens is 492 g/mol. The minimum Gasteiger partial charge on any atom is -0.462 e. The molecule has 0 spiro atoms. The molecule has 1 amide bonds. The molecule has 1 aliphatic carbocycles. The lowest BCUT2D eigenvalue weighted by Crippen LogP contribution is -2.43. The van der Waals surface area contributed by atoms with E-state index in [0.717, 1.165) is 48.3 Å². The van der Waals surface area contributed by atoms with Crippen molar-refractivity contribution in [2.24, 2.45) is 11.8 Å². The third-order valence-corrected chi connectivity index (χ3v) is 7.44. The van der Waals surface area contributed by atoms with Gasteiger partial charge in [0.1, 0.15) is 11.2 Å². The number of ether oxygens (including phenoxy) is 1. The number of hydrogen-bond donors (Lipinski definition) is 1. The SMILES string of the molecule is CCOC(=O)c1cn(-c2ccc(-c3cn4cc(N)ccc4n3)cc2)nc1N(C(=O)[C@H]1CC[C@H](C)CC1)C(C)C. The molecule has 1 saturated carbocycles. The fourth-order valence-corrected chi connectivity index (χ4v) is 5.27. The number of hydrogen-bond acceptors (Lipinski definition) is 6. The smallest absolute Gasteiger partial charge is 0.343 e. The molecule has 1 aromatic carbocycles. The minimum atomic E-state index is -0.491. The number of pyridine rings is 1. The van der Waals surface area contributed by atoms with Crippen molar-refractivity contribution in [2.45, 2.75) is 59.4 Å². The van der Waals surface area contributed by atoms with Crippen molar-refractivity contribution in [3.63, 3.8) is 0 Å². The van der Waals surface area contributed by atoms with Crippen LogP contribution in [0.2, 0.25) is 0 Å². The van der Waals surface area contributed by atoms with Crippen LogP contribution in [0, 0.1) is 11.8 Å². The van der Waals surface area contributed by atoms with Gasteiger partial charge in [-0.05, 0) is 76.6 Å². The Labute approximate surface area is 228 Å². The van der Waals surface area contributed by atoms with Crippen molar-refractivity contribution in [3.8, 4) is 16.9 Å². The maximum atomic E-state index is 13.7. The van der Waals surface area contributed by atoms with Crippen molar-refractivity contribution in [1.29, 1.82) is 0 Å². The second-order valence-corrected chi connectivity index (χ2v) is 10.7. The predicted octanol–water partition coefficient (Wildman–Crippen LogP) is 5.51. The molecule has 0 saturated heterocycles. The van der Waals surface area contributed by atoms with Gasteiger partial charge in [0.05, 0.1) is 18.0 Å². The molecule has 9 nitrogen and oxygen atoms in total. The van der Waals surface area contributed by atoms with Crippen molar-refractivity contribution in [3.05, 3.63) is 60.6 Å². The fraction of sp³-hybridized carbons (Fsp3) is 0.400. The zero-order valence-corrected chi connectivity index (χ0v) is 23.0. The van der Waals surface area contributed by atoms with Gasteiger partial charge in [0.2, 0.25) is 5.91 Å². The number of nitrogens with zero attached hydrogens (tertiary/aromatic N) is 5. The molecule has 0 unspecified atom stereocenters. The zero-order valence-electron chi connectivity index (χ0n) is 23.0. The van der Waals surface area contributed by atoms with E-state index in [1.807, 2.05) is 67.0 Å². The standard InChI is InChI=1S/C30H36N6O3/c1-5-39-30(38)25-17-35(33-28(25)36(19(2)3)29(37)22-8-6-20(4)7-9-22)24-13-10-21(11-14-24)26-18-34-16-23(31)12-15-27(34)32-26/h10-20,22H,5-9,31H2,1-4H3/t20-,22-. The van der Waals surface area contributed by atoms with Gasteiger partial charge in [0.25, 0.3) is 0 Å². The van der Waals surface area contributed by atoms with Crippen LogP contribution in [0.4, 0.5) is 11.5 Å². The Morgan fingerprint density at radius 3 is 2.44 bits per heavy atom. The van der Waals surface area contributed by atoms with Crippen LogP contribution in [-0.2, 0) is 9.53 Å². The van der Waals surface area contributed by atoms with E-state index in [0.29, 0.717) is 17.4 Å². The maximum Gasteiger partial charge on any atom is 0.343 e. The first-order chi connectivity index (χ1) is 18.7. The van der Waals surface area contributed by atoms with Crippen LogP contribution < -0.4 is 10.6 Å². The average Bonchev–Trinajstić information content (AvgIpc) is 3.54. The average molecular weight is 529 g/mol. The molecule has 1 fully saturated rings. The van der Waals surface area contributed by atoms with Crippen LogP contribution in [-0.4, -0.2) is 43.7 Å². The normalized spacial score (nSPS) is 17.5. The first kappa shape index (κ1) is 26.5. The summed E-state index contributed by atoms with van der Waals surface area (Å²) in [5.41, 5.74) is 10.2. The zero-order chi connectivity index (χ0) is 27.7. The molecule has 2 N–H and O–H groups in total. The highest BCUT2D eigenvalue weighted by Crippen LogP contribution is 2.33. The minimum absolute atomic E-state index is 0.0236. The Morgan fingerprint density at radius 2 is 1.77 bits per heavy atom. The van der Waals surface area contributed by atoms with Crippen LogP contribution in [0.1, 0.15) is 63.7 Å². The molecule has 5 rings (SSSR count). The van der Waals surface area contributed by atoms with Crippen molar-refractivity contribution in [2.75, 3.05) is 17.2 Å². The molecule has 0 radical (unpaired) electrons. The van der Waals surface area contributed by atoms with Gasteiger partial charge in [0, 0.05) is 41.8 Å². The van der Waals surface area contributed by atoms with Crippen molar-refractivity contribution >= 4 is 29.0 Å². The van der Waals surface area contributed by atoms with Crippen LogP contribution in [0.15, 0.2) is 55.0 Å². The highest BCUT2D eigenvalue weighted by Gasteiger charge is 2.34. The van der Waals surface area contributed by atoms with E-state index in [2.05, 4.69) is 11.9 Å². The molecule has 0 aliphatic heterocycles. The van der Waals surface area contributed by atoms with E-state index in [4.69, 9.17) is 15.6 Å². The number of esters is 1. The van der Waals surface area contributed by atoms with Gasteiger partial charge in [-0.2, -0.15) is 0 Å². The van der Waals surface area contributed by atoms with Crippen molar-refractivity contribution in [1.82, 2.24) is 19.2 Å². The molecule has 4 aromatic rings. The highest BCUT2D eigenvalue weighted by atomic mass is 16.5. The van der Waals surface area contributed by atoms with E-state index in [-0.39, 0.29) is 30.0 Å². The summed E-state index contributed by atoms with van der Waals surface area (Å²) in [7, 11) is 0. The number of fused-ring (bicyclic) bond motifs is 1. The molecular formula is C30H36N6O3. The predicted molar refractivity (Wildman–Crippen MR) is 152 cm³/mol. The number of rotatable bonds is 7. The lowest BCUT2D eigenvalue weighted by Gasteiger charge is -2.32. The summed E-state index contributed by atoms with van der Waals surface area (Å²) in [6.07, 6.45) is 9.20. The lowest BCUT2D eigenvalue weighted by atomic mass is 9.82. The Balaban J connectivity index is 1.48. The monoisotopic (exact) mass is 528 g/mol. The molecule has 0 bridgehead atoms. The highest BCUT2D eigenvalue weighted by molar-refractivity contribution is 6.02. The van der Waals surface area contributed by atoms with E-state index >= 15 is 0 Å². The number of carbonyl (C=O) groups is 2. The summed E-state index contributed by atoms with van der Waals surface area (Å²) >= 11 is 0. The number of aromatic nitrogens is 4. The summed E-state index contributed by atoms with van der Waals surface area (Å²) in [5, 5.41) is 4.77. The largest absolute Gasteiger partial charge is 0.462 e. The quantitative estimate of drug-likeness (QED) is 0.317. The maximum absolute atomic E-state index is 13.7. The molecule has 3 heterocycles. The third-order valence-electron chi connectivity index (χ3n) is 7.44. The first-order valence-electron chi connectivity index (χ1n) is 13.7. The summed E-state index contributed by atoms with van der Waals surface area (Å²) in [4.78, 5) is 33.1. The number of nitrogen functional groups attached to an aromatic ring is 1. The van der Waals surface area contributed by atoms with E-state index < -0.39 is 5.97 Å². The Kier molecular flexibility index (Phi) is 7.41. The summed E-state index contributed by atoms with van der Waals surface area (Å²) in [6, 6.07) is 11.3. The molecule has 9 heteroatoms. The van der Waals surface area contributed by atoms with Gasteiger partial charge in [-0.25, -0.2) is 14.5 Å². The summed E-state index contributed by atoms with van der Waals surface area (Å²) in [6.45, 7) is 8.14. The Hall–Kier alpha value is -4.14. The number of imidazole rings is 1. The van der Waals surface area contributed by atoms with Crippen LogP contribution in [0.3, 0.4) is 0 Å². The van der Waals surface area contributed by atoms with Gasteiger partial charge < -0.3 is 14.9 Å². The number of amides is 1. The Bertz CT molecular complexity index is 1480. The van der Waals surface area contributed by atoms with Gasteiger partial charge >= 0.3 is 5.97 Å². The molecule has 204 valence electrons. The fourth-order valence-electron chi connectivity index (χ4n) is 5.27.